The molecule has 0 saturated carbocycles. The summed E-state index contributed by atoms with van der Waals surface area (Å²) in [4.78, 5) is 12.9. The number of hydrogen-bond donors (Lipinski definition) is 2. The average molecular weight is 527 g/mol. The summed E-state index contributed by atoms with van der Waals surface area (Å²) in [5.41, 5.74) is -0.647. The van der Waals surface area contributed by atoms with Gasteiger partial charge in [-0.1, -0.05) is 41.9 Å². The molecule has 0 bridgehead atoms. The Morgan fingerprint density at radius 1 is 1.03 bits per heavy atom. The van der Waals surface area contributed by atoms with Gasteiger partial charge < -0.3 is 10.1 Å². The number of ether oxygens (including phenoxy) is 1. The van der Waals surface area contributed by atoms with Crippen LogP contribution in [0.1, 0.15) is 18.1 Å². The molecule has 0 aromatic heterocycles. The van der Waals surface area contributed by atoms with Crippen LogP contribution in [0.3, 0.4) is 0 Å². The van der Waals surface area contributed by atoms with E-state index in [1.165, 1.54) is 30.3 Å². The molecule has 11 heteroatoms. The highest BCUT2D eigenvalue weighted by atomic mass is 35.5. The molecule has 186 valence electrons. The summed E-state index contributed by atoms with van der Waals surface area (Å²) >= 11 is 5.64. The molecular weight excluding hydrogens is 505 g/mol. The van der Waals surface area contributed by atoms with Crippen molar-refractivity contribution in [2.75, 3.05) is 11.9 Å². The maximum atomic E-state index is 13.2. The number of carbonyl (C=O) groups is 1. The van der Waals surface area contributed by atoms with Crippen molar-refractivity contribution >= 4 is 33.2 Å². The normalized spacial score (nSPS) is 12.7. The maximum absolute atomic E-state index is 13.2. The Hall–Kier alpha value is -3.08. The minimum Gasteiger partial charge on any atom is -0.494 e. The molecule has 0 aliphatic rings. The zero-order chi connectivity index (χ0) is 25.6. The molecule has 35 heavy (non-hydrogen) atoms. The van der Waals surface area contributed by atoms with Crippen molar-refractivity contribution in [3.63, 3.8) is 0 Å². The number of anilines is 1. The van der Waals surface area contributed by atoms with Crippen molar-refractivity contribution in [2.24, 2.45) is 0 Å². The van der Waals surface area contributed by atoms with Crippen LogP contribution in [0.15, 0.2) is 77.7 Å². The SMILES string of the molecule is CCOc1ccc(S(=O)(=O)N[C@@H](Cc2ccccc2)C(=O)Nc2ccc(Cl)c(C(F)(F)F)c2)cc1. The third-order valence-corrected chi connectivity index (χ3v) is 6.70. The van der Waals surface area contributed by atoms with Crippen LogP contribution in [-0.4, -0.2) is 27.0 Å². The van der Waals surface area contributed by atoms with Crippen molar-refractivity contribution in [3.8, 4) is 5.75 Å². The second kappa shape index (κ2) is 11.1. The molecule has 0 unspecified atom stereocenters. The lowest BCUT2D eigenvalue weighted by Crippen LogP contribution is -2.45. The molecule has 0 spiro atoms. The summed E-state index contributed by atoms with van der Waals surface area (Å²) in [5.74, 6) is -0.355. The highest BCUT2D eigenvalue weighted by molar-refractivity contribution is 7.89. The van der Waals surface area contributed by atoms with Gasteiger partial charge in [0, 0.05) is 5.69 Å². The Morgan fingerprint density at radius 2 is 1.69 bits per heavy atom. The van der Waals surface area contributed by atoms with Gasteiger partial charge in [0.05, 0.1) is 22.1 Å². The van der Waals surface area contributed by atoms with E-state index in [1.54, 1.807) is 37.3 Å². The van der Waals surface area contributed by atoms with Gasteiger partial charge in [-0.2, -0.15) is 17.9 Å². The fourth-order valence-electron chi connectivity index (χ4n) is 3.22. The van der Waals surface area contributed by atoms with E-state index in [2.05, 4.69) is 10.0 Å². The van der Waals surface area contributed by atoms with Crippen molar-refractivity contribution in [1.82, 2.24) is 4.72 Å². The quantitative estimate of drug-likeness (QED) is 0.397. The van der Waals surface area contributed by atoms with Gasteiger partial charge in [0.1, 0.15) is 11.8 Å². The molecule has 0 radical (unpaired) electrons. The number of sulfonamides is 1. The molecule has 3 aromatic carbocycles. The number of halogens is 4. The van der Waals surface area contributed by atoms with E-state index in [-0.39, 0.29) is 17.0 Å². The molecular formula is C24H22ClF3N2O4S. The Bertz CT molecular complexity index is 1270. The number of rotatable bonds is 9. The minimum absolute atomic E-state index is 0.0390. The number of benzene rings is 3. The van der Waals surface area contributed by atoms with E-state index in [1.807, 2.05) is 0 Å². The molecule has 3 rings (SSSR count). The second-order valence-electron chi connectivity index (χ2n) is 7.45. The Labute approximate surface area is 206 Å². The van der Waals surface area contributed by atoms with E-state index < -0.39 is 38.7 Å². The Kier molecular flexibility index (Phi) is 8.42. The second-order valence-corrected chi connectivity index (χ2v) is 9.57. The van der Waals surface area contributed by atoms with Crippen LogP contribution in [0.4, 0.5) is 18.9 Å². The van der Waals surface area contributed by atoms with Crippen LogP contribution < -0.4 is 14.8 Å². The van der Waals surface area contributed by atoms with Crippen LogP contribution in [0.25, 0.3) is 0 Å². The molecule has 2 N–H and O–H groups in total. The summed E-state index contributed by atoms with van der Waals surface area (Å²) in [6, 6.07) is 15.8. The van der Waals surface area contributed by atoms with Crippen molar-refractivity contribution in [2.45, 2.75) is 30.5 Å². The topological polar surface area (TPSA) is 84.5 Å². The van der Waals surface area contributed by atoms with E-state index in [0.29, 0.717) is 24.0 Å². The first-order valence-electron chi connectivity index (χ1n) is 10.5. The largest absolute Gasteiger partial charge is 0.494 e. The van der Waals surface area contributed by atoms with Crippen LogP contribution in [-0.2, 0) is 27.4 Å². The van der Waals surface area contributed by atoms with Crippen LogP contribution in [0, 0.1) is 0 Å². The first-order chi connectivity index (χ1) is 16.5. The standard InChI is InChI=1S/C24H22ClF3N2O4S/c1-2-34-18-9-11-19(12-10-18)35(32,33)30-22(14-16-6-4-3-5-7-16)23(31)29-17-8-13-21(25)20(15-17)24(26,27)28/h3-13,15,22,30H,2,14H2,1H3,(H,29,31)/t22-/m0/s1. The number of amides is 1. The van der Waals surface area contributed by atoms with Gasteiger partial charge >= 0.3 is 6.18 Å². The number of carbonyl (C=O) groups excluding carboxylic acids is 1. The van der Waals surface area contributed by atoms with E-state index in [9.17, 15) is 26.4 Å². The smallest absolute Gasteiger partial charge is 0.417 e. The molecule has 0 aliphatic carbocycles. The highest BCUT2D eigenvalue weighted by Crippen LogP contribution is 2.36. The average Bonchev–Trinajstić information content (AvgIpc) is 2.80. The van der Waals surface area contributed by atoms with Gasteiger partial charge in [0.2, 0.25) is 15.9 Å². The maximum Gasteiger partial charge on any atom is 0.417 e. The van der Waals surface area contributed by atoms with Gasteiger partial charge in [0.15, 0.2) is 0 Å². The predicted octanol–water partition coefficient (Wildman–Crippen LogP) is 5.29. The lowest BCUT2D eigenvalue weighted by atomic mass is 10.1. The number of hydrogen-bond acceptors (Lipinski definition) is 4. The molecule has 6 nitrogen and oxygen atoms in total. The predicted molar refractivity (Wildman–Crippen MR) is 127 cm³/mol. The molecule has 1 atom stereocenters. The van der Waals surface area contributed by atoms with E-state index in [4.69, 9.17) is 16.3 Å². The summed E-state index contributed by atoms with van der Waals surface area (Å²) in [6.45, 7) is 2.20. The molecule has 0 fully saturated rings. The molecule has 0 heterocycles. The van der Waals surface area contributed by atoms with E-state index >= 15 is 0 Å². The monoisotopic (exact) mass is 526 g/mol. The minimum atomic E-state index is -4.73. The van der Waals surface area contributed by atoms with Crippen molar-refractivity contribution in [1.29, 1.82) is 0 Å². The van der Waals surface area contributed by atoms with Crippen molar-refractivity contribution in [3.05, 3.63) is 88.9 Å². The van der Waals surface area contributed by atoms with Crippen LogP contribution in [0.5, 0.6) is 5.75 Å². The van der Waals surface area contributed by atoms with Gasteiger partial charge in [-0.3, -0.25) is 4.79 Å². The fraction of sp³-hybridized carbons (Fsp3) is 0.208. The first kappa shape index (κ1) is 26.5. The Morgan fingerprint density at radius 3 is 2.29 bits per heavy atom. The number of nitrogens with one attached hydrogen (secondary N) is 2. The van der Waals surface area contributed by atoms with Gasteiger partial charge in [0.25, 0.3) is 0 Å². The van der Waals surface area contributed by atoms with Crippen LogP contribution >= 0.6 is 11.6 Å². The van der Waals surface area contributed by atoms with Gasteiger partial charge in [-0.15, -0.1) is 0 Å². The summed E-state index contributed by atoms with van der Waals surface area (Å²) in [7, 11) is -4.15. The van der Waals surface area contributed by atoms with E-state index in [0.717, 1.165) is 6.07 Å². The summed E-state index contributed by atoms with van der Waals surface area (Å²) in [5, 5.41) is 1.84. The molecule has 3 aromatic rings. The fourth-order valence-corrected chi connectivity index (χ4v) is 4.64. The Balaban J connectivity index is 1.87. The third kappa shape index (κ3) is 7.20. The first-order valence-corrected chi connectivity index (χ1v) is 12.3. The van der Waals surface area contributed by atoms with Crippen molar-refractivity contribution < 1.29 is 31.1 Å². The molecule has 1 amide bonds. The zero-order valence-corrected chi connectivity index (χ0v) is 20.0. The van der Waals surface area contributed by atoms with Crippen LogP contribution in [0.2, 0.25) is 5.02 Å². The zero-order valence-electron chi connectivity index (χ0n) is 18.5. The third-order valence-electron chi connectivity index (χ3n) is 4.88. The lowest BCUT2D eigenvalue weighted by Gasteiger charge is -2.19. The summed E-state index contributed by atoms with van der Waals surface area (Å²) in [6.07, 6.45) is -4.76. The highest BCUT2D eigenvalue weighted by Gasteiger charge is 2.34. The number of alkyl halides is 3. The molecule has 0 aliphatic heterocycles. The van der Waals surface area contributed by atoms with Gasteiger partial charge in [-0.05, 0) is 61.4 Å². The van der Waals surface area contributed by atoms with Gasteiger partial charge in [-0.25, -0.2) is 8.42 Å². The summed E-state index contributed by atoms with van der Waals surface area (Å²) < 4.78 is 73.3. The lowest BCUT2D eigenvalue weighted by molar-refractivity contribution is -0.137. The molecule has 0 saturated heterocycles.